The lowest BCUT2D eigenvalue weighted by Gasteiger charge is -2.39. The topological polar surface area (TPSA) is 114 Å². The highest BCUT2D eigenvalue weighted by molar-refractivity contribution is 8.00. The third kappa shape index (κ3) is 8.55. The Morgan fingerprint density at radius 1 is 1.19 bits per heavy atom. The van der Waals surface area contributed by atoms with Gasteiger partial charge < -0.3 is 10.5 Å². The fraction of sp³-hybridized carbons (Fsp3) is 0.905. The molecule has 6 unspecified atom stereocenters. The minimum atomic E-state index is -3.16. The maximum absolute atomic E-state index is 12.5. The number of aliphatic imine (C=N–C) groups is 1. The number of nitrogens with two attached hydrogens (primary N) is 1. The van der Waals surface area contributed by atoms with Gasteiger partial charge in [-0.25, -0.2) is 18.1 Å². The van der Waals surface area contributed by atoms with Crippen LogP contribution in [0, 0.1) is 5.92 Å². The number of sulfonamides is 1. The molecule has 0 aromatic heterocycles. The molecule has 2 rings (SSSR count). The Bertz CT molecular complexity index is 813. The van der Waals surface area contributed by atoms with E-state index < -0.39 is 19.5 Å². The molecule has 2 saturated carbocycles. The van der Waals surface area contributed by atoms with Crippen molar-refractivity contribution in [3.63, 3.8) is 0 Å². The average molecular weight is 479 g/mol. The molecule has 3 N–H and O–H groups in total. The summed E-state index contributed by atoms with van der Waals surface area (Å²) in [6.45, 7) is 6.30. The number of ether oxygens (including phenoxy) is 1. The third-order valence-electron chi connectivity index (χ3n) is 6.63. The van der Waals surface area contributed by atoms with Gasteiger partial charge in [-0.3, -0.25) is 9.11 Å². The molecule has 0 aliphatic heterocycles. The number of hydrogen-bond acceptors (Lipinski definition) is 6. The van der Waals surface area contributed by atoms with Crippen LogP contribution in [-0.2, 0) is 24.3 Å². The van der Waals surface area contributed by atoms with Crippen LogP contribution in [0.1, 0.15) is 58.8 Å². The van der Waals surface area contributed by atoms with E-state index in [-0.39, 0.29) is 23.4 Å². The molecule has 8 nitrogen and oxygen atoms in total. The number of nitrogens with zero attached hydrogens (tertiary/aromatic N) is 2. The first-order valence-corrected chi connectivity index (χ1v) is 15.5. The van der Waals surface area contributed by atoms with Crippen molar-refractivity contribution >= 4 is 31.4 Å². The van der Waals surface area contributed by atoms with Crippen molar-refractivity contribution in [2.24, 2.45) is 16.6 Å². The Hall–Kier alpha value is -0.840. The van der Waals surface area contributed by atoms with Crippen LogP contribution in [0.4, 0.5) is 0 Å². The van der Waals surface area contributed by atoms with Crippen LogP contribution in [0.2, 0.25) is 0 Å². The lowest BCUT2D eigenvalue weighted by atomic mass is 9.82. The fourth-order valence-electron chi connectivity index (χ4n) is 4.97. The fourth-order valence-corrected chi connectivity index (χ4v) is 6.93. The van der Waals surface area contributed by atoms with Gasteiger partial charge in [-0.15, -0.1) is 0 Å². The largest absolute Gasteiger partial charge is 0.461 e. The summed E-state index contributed by atoms with van der Waals surface area (Å²) in [6, 6.07) is 0.728. The molecule has 0 aromatic rings. The second-order valence-electron chi connectivity index (χ2n) is 9.32. The summed E-state index contributed by atoms with van der Waals surface area (Å²) in [5.41, 5.74) is 6.17. The highest BCUT2D eigenvalue weighted by Crippen LogP contribution is 2.31. The first-order valence-electron chi connectivity index (χ1n) is 11.4. The van der Waals surface area contributed by atoms with E-state index in [1.54, 1.807) is 6.26 Å². The van der Waals surface area contributed by atoms with Gasteiger partial charge in [0.1, 0.15) is 6.10 Å². The molecule has 0 radical (unpaired) electrons. The summed E-state index contributed by atoms with van der Waals surface area (Å²) in [4.78, 5) is 7.03. The maximum atomic E-state index is 12.5. The lowest BCUT2D eigenvalue weighted by Crippen LogP contribution is -2.45. The smallest absolute Gasteiger partial charge is 0.282 e. The predicted octanol–water partition coefficient (Wildman–Crippen LogP) is 1.40. The molecule has 6 atom stereocenters. The molecule has 182 valence electrons. The second-order valence-corrected chi connectivity index (χ2v) is 13.9. The van der Waals surface area contributed by atoms with Gasteiger partial charge >= 0.3 is 0 Å². The van der Waals surface area contributed by atoms with Crippen LogP contribution in [0.15, 0.2) is 4.99 Å². The van der Waals surface area contributed by atoms with Crippen molar-refractivity contribution in [3.05, 3.63) is 0 Å². The Balaban J connectivity index is 1.91. The average Bonchev–Trinajstić information content (AvgIpc) is 2.65. The number of likely N-dealkylation sites (N-methyl/N-ethyl adjacent to an activating group) is 1. The molecule has 0 aromatic carbocycles. The molecule has 2 aliphatic rings. The van der Waals surface area contributed by atoms with E-state index >= 15 is 0 Å². The summed E-state index contributed by atoms with van der Waals surface area (Å²) in [7, 11) is -5.35. The molecular formula is C21H42N4O4S2. The summed E-state index contributed by atoms with van der Waals surface area (Å²) in [5.74, 6) is 4.22. The van der Waals surface area contributed by atoms with Crippen molar-refractivity contribution in [2.45, 2.75) is 82.2 Å². The van der Waals surface area contributed by atoms with Gasteiger partial charge in [-0.2, -0.15) is 0 Å². The molecule has 31 heavy (non-hydrogen) atoms. The van der Waals surface area contributed by atoms with E-state index in [2.05, 4.69) is 29.3 Å². The van der Waals surface area contributed by atoms with E-state index in [0.717, 1.165) is 51.5 Å². The zero-order valence-corrected chi connectivity index (χ0v) is 21.2. The number of rotatable bonds is 9. The molecule has 0 spiro atoms. The maximum Gasteiger partial charge on any atom is 0.282 e. The van der Waals surface area contributed by atoms with E-state index in [9.17, 15) is 12.6 Å². The zero-order chi connectivity index (χ0) is 23.2. The van der Waals surface area contributed by atoms with Gasteiger partial charge in [-0.1, -0.05) is 20.3 Å². The first kappa shape index (κ1) is 26.4. The Kier molecular flexibility index (Phi) is 9.66. The van der Waals surface area contributed by atoms with Crippen LogP contribution < -0.4 is 10.5 Å². The van der Waals surface area contributed by atoms with Crippen molar-refractivity contribution in [1.29, 1.82) is 0 Å². The van der Waals surface area contributed by atoms with Crippen LogP contribution in [0.5, 0.6) is 0 Å². The summed E-state index contributed by atoms with van der Waals surface area (Å²) in [5, 5.41) is -0.0678. The van der Waals surface area contributed by atoms with Crippen LogP contribution in [-0.4, -0.2) is 85.0 Å². The van der Waals surface area contributed by atoms with Gasteiger partial charge in [0.25, 0.3) is 6.02 Å². The standard InChI is InChI=1S/C21H42N4O4S2/c1-6-25(14-13-23-31(5,27)28)17-11-12-18(16(2)15-17)24-21(22)29-19-9-7-8-10-20(19)30(3,4)26/h16-20,23H,3,6-15H2,1-2,4-5H3,(H2,22,24). The predicted molar refractivity (Wildman–Crippen MR) is 131 cm³/mol. The molecule has 0 saturated heterocycles. The Morgan fingerprint density at radius 3 is 2.45 bits per heavy atom. The van der Waals surface area contributed by atoms with Crippen LogP contribution in [0.25, 0.3) is 0 Å². The minimum Gasteiger partial charge on any atom is -0.461 e. The van der Waals surface area contributed by atoms with Gasteiger partial charge in [0.15, 0.2) is 0 Å². The van der Waals surface area contributed by atoms with Crippen molar-refractivity contribution < 1.29 is 17.4 Å². The van der Waals surface area contributed by atoms with Crippen molar-refractivity contribution in [1.82, 2.24) is 9.62 Å². The summed E-state index contributed by atoms with van der Waals surface area (Å²) < 4.78 is 43.7. The molecule has 0 amide bonds. The van der Waals surface area contributed by atoms with E-state index in [0.29, 0.717) is 25.0 Å². The van der Waals surface area contributed by atoms with Gasteiger partial charge in [0.2, 0.25) is 10.0 Å². The number of amidine groups is 1. The van der Waals surface area contributed by atoms with Crippen LogP contribution >= 0.6 is 0 Å². The van der Waals surface area contributed by atoms with E-state index in [4.69, 9.17) is 15.5 Å². The lowest BCUT2D eigenvalue weighted by molar-refractivity contribution is 0.125. The van der Waals surface area contributed by atoms with Crippen molar-refractivity contribution in [2.75, 3.05) is 32.1 Å². The number of hydrogen-bond donors (Lipinski definition) is 2. The number of nitrogens with one attached hydrogen (secondary N) is 1. The van der Waals surface area contributed by atoms with Gasteiger partial charge in [-0.05, 0) is 66.4 Å². The normalized spacial score (nSPS) is 32.5. The SMILES string of the molecule is C=S(C)(=O)C1CCCCC1OC(N)=NC1CCC(N(CC)CCNS(C)(=O)=O)CC1C. The first-order chi connectivity index (χ1) is 14.4. The molecule has 0 heterocycles. The van der Waals surface area contributed by atoms with Crippen molar-refractivity contribution in [3.8, 4) is 0 Å². The monoisotopic (exact) mass is 478 g/mol. The van der Waals surface area contributed by atoms with E-state index in [1.807, 2.05) is 0 Å². The second kappa shape index (κ2) is 11.3. The van der Waals surface area contributed by atoms with Gasteiger partial charge in [0, 0.05) is 25.4 Å². The molecule has 2 aliphatic carbocycles. The highest BCUT2D eigenvalue weighted by atomic mass is 32.2. The molecular weight excluding hydrogens is 436 g/mol. The molecule has 0 bridgehead atoms. The highest BCUT2D eigenvalue weighted by Gasteiger charge is 2.33. The Morgan fingerprint density at radius 2 is 1.87 bits per heavy atom. The summed E-state index contributed by atoms with van der Waals surface area (Å²) in [6.07, 6.45) is 9.43. The third-order valence-corrected chi connectivity index (χ3v) is 9.18. The van der Waals surface area contributed by atoms with Crippen LogP contribution in [0.3, 0.4) is 0 Å². The Labute approximate surface area is 189 Å². The minimum absolute atomic E-state index is 0.0678. The quantitative estimate of drug-likeness (QED) is 0.294. The molecule has 10 heteroatoms. The van der Waals surface area contributed by atoms with Gasteiger partial charge in [0.05, 0.1) is 17.5 Å². The zero-order valence-electron chi connectivity index (χ0n) is 19.6. The van der Waals surface area contributed by atoms with E-state index in [1.165, 1.54) is 6.26 Å². The molecule has 2 fully saturated rings. The summed E-state index contributed by atoms with van der Waals surface area (Å²) >= 11 is 0.